The Kier molecular flexibility index (Phi) is 7.38. The number of Topliss-reactive ketones (excluding diaryl/α,β-unsaturated/α-hetero) is 2. The molecule has 2 fully saturated rings. The number of aliphatic hydroxyl groups excluding tert-OH is 2. The molecule has 2 aromatic rings. The van der Waals surface area contributed by atoms with E-state index in [1.54, 1.807) is 37.2 Å². The number of rotatable bonds is 6. The van der Waals surface area contributed by atoms with Gasteiger partial charge in [0.2, 0.25) is 11.7 Å². The lowest BCUT2D eigenvalue weighted by Gasteiger charge is -2.53. The molecule has 222 valence electrons. The molecule has 3 aliphatic rings. The molecule has 2 unspecified atom stereocenters. The zero-order chi connectivity index (χ0) is 30.7. The van der Waals surface area contributed by atoms with Crippen LogP contribution in [-0.2, 0) is 27.2 Å². The molecule has 0 aromatic heterocycles. The second-order valence-electron chi connectivity index (χ2n) is 11.4. The lowest BCUT2D eigenvalue weighted by atomic mass is 9.54. The standard InChI is InChI=1S/C31H34N2O9/c1-33(2)25-18-13-16-12-17-15(6-4-5-14-7-9-19(34)21(11-14)42-3)8-10-20(35)23(17)26(36)22(16)28(38)31(18,41)29(39)24(27(25)37)30(32)40/h4,6-11,16,18,24-25,27,34-37,41H,5,12-13H2,1-3H3,(H2,32,40)/b6-4-/t16-,18-,24?,25-,27?,31-/m1/s1. The molecule has 2 aromatic carbocycles. The predicted octanol–water partition coefficient (Wildman–Crippen LogP) is 1.10. The topological polar surface area (TPSA) is 191 Å². The van der Waals surface area contributed by atoms with E-state index in [4.69, 9.17) is 10.5 Å². The number of ketones is 2. The van der Waals surface area contributed by atoms with E-state index in [1.165, 1.54) is 19.2 Å². The number of hydrogen-bond donors (Lipinski definition) is 6. The summed E-state index contributed by atoms with van der Waals surface area (Å²) in [5, 5.41) is 54.7. The molecular weight excluding hydrogens is 544 g/mol. The highest BCUT2D eigenvalue weighted by atomic mass is 16.5. The predicted molar refractivity (Wildman–Crippen MR) is 151 cm³/mol. The molecule has 2 saturated carbocycles. The first-order chi connectivity index (χ1) is 19.8. The Hall–Kier alpha value is -4.19. The first-order valence-corrected chi connectivity index (χ1v) is 13.6. The Morgan fingerprint density at radius 3 is 2.48 bits per heavy atom. The van der Waals surface area contributed by atoms with Gasteiger partial charge in [-0.3, -0.25) is 14.4 Å². The van der Waals surface area contributed by atoms with Crippen molar-refractivity contribution in [3.05, 3.63) is 64.2 Å². The summed E-state index contributed by atoms with van der Waals surface area (Å²) in [6, 6.07) is 7.13. The van der Waals surface area contributed by atoms with Crippen molar-refractivity contribution >= 4 is 29.3 Å². The fourth-order valence-corrected chi connectivity index (χ4v) is 6.96. The number of benzene rings is 2. The number of ether oxygens (including phenoxy) is 1. The maximum atomic E-state index is 13.9. The fourth-order valence-electron chi connectivity index (χ4n) is 6.96. The van der Waals surface area contributed by atoms with Gasteiger partial charge in [0.15, 0.2) is 22.9 Å². The van der Waals surface area contributed by atoms with Crippen molar-refractivity contribution in [2.24, 2.45) is 23.5 Å². The third-order valence-electron chi connectivity index (χ3n) is 8.90. The average molecular weight is 579 g/mol. The van der Waals surface area contributed by atoms with E-state index < -0.39 is 58.7 Å². The van der Waals surface area contributed by atoms with Gasteiger partial charge in [-0.2, -0.15) is 0 Å². The van der Waals surface area contributed by atoms with Gasteiger partial charge in [-0.05, 0) is 74.2 Å². The number of phenols is 2. The van der Waals surface area contributed by atoms with Crippen LogP contribution in [0.3, 0.4) is 0 Å². The molecule has 7 N–H and O–H groups in total. The zero-order valence-corrected chi connectivity index (χ0v) is 23.4. The number of nitrogens with zero attached hydrogens (tertiary/aromatic N) is 1. The molecule has 11 nitrogen and oxygen atoms in total. The summed E-state index contributed by atoms with van der Waals surface area (Å²) in [4.78, 5) is 41.1. The second kappa shape index (κ2) is 10.6. The molecular formula is C31H34N2O9. The number of primary amides is 1. The number of likely N-dealkylation sites (N-methyl/N-ethyl adjacent to an activating group) is 1. The van der Waals surface area contributed by atoms with Crippen LogP contribution >= 0.6 is 0 Å². The Morgan fingerprint density at radius 2 is 1.83 bits per heavy atom. The minimum atomic E-state index is -2.69. The third-order valence-corrected chi connectivity index (χ3v) is 8.90. The smallest absolute Gasteiger partial charge is 0.230 e. The molecule has 0 bridgehead atoms. The fraction of sp³-hybridized carbons (Fsp3) is 0.387. The largest absolute Gasteiger partial charge is 0.507 e. The van der Waals surface area contributed by atoms with Crippen LogP contribution in [0.25, 0.3) is 11.8 Å². The number of allylic oxidation sites excluding steroid dienone is 1. The van der Waals surface area contributed by atoms with Crippen LogP contribution in [0.5, 0.6) is 17.2 Å². The van der Waals surface area contributed by atoms with Crippen molar-refractivity contribution in [2.75, 3.05) is 21.2 Å². The van der Waals surface area contributed by atoms with Gasteiger partial charge in [-0.25, -0.2) is 0 Å². The van der Waals surface area contributed by atoms with Crippen LogP contribution < -0.4 is 10.5 Å². The van der Waals surface area contributed by atoms with Crippen molar-refractivity contribution in [3.8, 4) is 17.2 Å². The summed E-state index contributed by atoms with van der Waals surface area (Å²) in [6.07, 6.45) is 2.90. The van der Waals surface area contributed by atoms with Crippen LogP contribution in [0.15, 0.2) is 42.0 Å². The highest BCUT2D eigenvalue weighted by molar-refractivity contribution is 6.25. The Labute approximate surface area is 242 Å². The lowest BCUT2D eigenvalue weighted by Crippen LogP contribution is -2.73. The van der Waals surface area contributed by atoms with E-state index in [1.807, 2.05) is 12.2 Å². The third kappa shape index (κ3) is 4.36. The van der Waals surface area contributed by atoms with E-state index in [0.29, 0.717) is 23.3 Å². The number of phenolic OH excluding ortho intramolecular Hbond substituents is 2. The average Bonchev–Trinajstić information content (AvgIpc) is 2.92. The molecule has 1 amide bonds. The van der Waals surface area contributed by atoms with Crippen molar-refractivity contribution in [1.82, 2.24) is 4.90 Å². The highest BCUT2D eigenvalue weighted by Gasteiger charge is 2.67. The number of carbonyl (C=O) groups is 3. The number of methoxy groups -OCH3 is 1. The first kappa shape index (κ1) is 29.3. The van der Waals surface area contributed by atoms with E-state index in [9.17, 15) is 39.9 Å². The molecule has 6 atom stereocenters. The van der Waals surface area contributed by atoms with E-state index >= 15 is 0 Å². The summed E-state index contributed by atoms with van der Waals surface area (Å²) >= 11 is 0. The van der Waals surface area contributed by atoms with Gasteiger partial charge in [0.05, 0.1) is 18.8 Å². The van der Waals surface area contributed by atoms with Crippen LogP contribution in [-0.4, -0.2) is 86.9 Å². The Balaban J connectivity index is 1.56. The van der Waals surface area contributed by atoms with Gasteiger partial charge < -0.3 is 40.9 Å². The highest BCUT2D eigenvalue weighted by Crippen LogP contribution is 2.52. The van der Waals surface area contributed by atoms with Crippen LogP contribution in [0.4, 0.5) is 0 Å². The SMILES string of the molecule is COc1cc(C/C=C\c2ccc(O)c3c2C[C@@H]2C[C@@H]4[C@@H](N(C)C)C(O)C(C(N)=O)C(=O)[C@]4(O)C(=O)C2=C3O)ccc1O. The van der Waals surface area contributed by atoms with E-state index in [-0.39, 0.29) is 35.5 Å². The van der Waals surface area contributed by atoms with Crippen molar-refractivity contribution in [1.29, 1.82) is 0 Å². The summed E-state index contributed by atoms with van der Waals surface area (Å²) < 4.78 is 5.16. The molecule has 0 aliphatic heterocycles. The monoisotopic (exact) mass is 578 g/mol. The maximum Gasteiger partial charge on any atom is 0.230 e. The number of hydrogen-bond acceptors (Lipinski definition) is 10. The Bertz CT molecular complexity index is 1550. The van der Waals surface area contributed by atoms with Gasteiger partial charge in [0, 0.05) is 17.5 Å². The summed E-state index contributed by atoms with van der Waals surface area (Å²) in [5.74, 6) is -7.37. The molecule has 5 rings (SSSR count). The van der Waals surface area contributed by atoms with Gasteiger partial charge in [0.1, 0.15) is 17.4 Å². The molecule has 0 radical (unpaired) electrons. The molecule has 42 heavy (non-hydrogen) atoms. The van der Waals surface area contributed by atoms with Crippen molar-refractivity contribution in [3.63, 3.8) is 0 Å². The number of fused-ring (bicyclic) bond motifs is 3. The summed E-state index contributed by atoms with van der Waals surface area (Å²) in [7, 11) is 4.68. The van der Waals surface area contributed by atoms with Crippen LogP contribution in [0, 0.1) is 17.8 Å². The van der Waals surface area contributed by atoms with Crippen molar-refractivity contribution < 1.29 is 44.7 Å². The maximum absolute atomic E-state index is 13.9. The van der Waals surface area contributed by atoms with Gasteiger partial charge in [-0.15, -0.1) is 0 Å². The quantitative estimate of drug-likeness (QED) is 0.271. The number of amides is 1. The van der Waals surface area contributed by atoms with Crippen LogP contribution in [0.1, 0.15) is 28.7 Å². The first-order valence-electron chi connectivity index (χ1n) is 13.6. The lowest BCUT2D eigenvalue weighted by molar-refractivity contribution is -0.184. The van der Waals surface area contributed by atoms with Crippen LogP contribution in [0.2, 0.25) is 0 Å². The molecule has 3 aliphatic carbocycles. The molecule has 0 saturated heterocycles. The number of carbonyl (C=O) groups excluding carboxylic acids is 3. The number of nitrogens with two attached hydrogens (primary N) is 1. The minimum absolute atomic E-state index is 0.0265. The Morgan fingerprint density at radius 1 is 1.14 bits per heavy atom. The zero-order valence-electron chi connectivity index (χ0n) is 23.4. The normalized spacial score (nSPS) is 29.0. The number of aromatic hydroxyl groups is 2. The molecule has 0 heterocycles. The number of aliphatic hydroxyl groups is 3. The van der Waals surface area contributed by atoms with E-state index in [2.05, 4.69) is 0 Å². The summed E-state index contributed by atoms with van der Waals surface area (Å²) in [5.41, 5.74) is 4.70. The molecule has 11 heteroatoms. The van der Waals surface area contributed by atoms with Gasteiger partial charge in [-0.1, -0.05) is 24.3 Å². The van der Waals surface area contributed by atoms with Gasteiger partial charge >= 0.3 is 0 Å². The second-order valence-corrected chi connectivity index (χ2v) is 11.4. The minimum Gasteiger partial charge on any atom is -0.507 e. The van der Waals surface area contributed by atoms with E-state index in [0.717, 1.165) is 5.56 Å². The summed E-state index contributed by atoms with van der Waals surface area (Å²) in [6.45, 7) is 0. The van der Waals surface area contributed by atoms with Gasteiger partial charge in [0.25, 0.3) is 0 Å². The van der Waals surface area contributed by atoms with Crippen molar-refractivity contribution in [2.45, 2.75) is 37.0 Å². The molecule has 0 spiro atoms.